The van der Waals surface area contributed by atoms with Gasteiger partial charge in [0, 0.05) is 0 Å². The molecule has 0 unspecified atom stereocenters. The highest BCUT2D eigenvalue weighted by molar-refractivity contribution is 5.78. The number of nitrogens with one attached hydrogen (secondary N) is 1. The second-order valence-corrected chi connectivity index (χ2v) is 5.92. The Balaban J connectivity index is 1.86. The molecule has 0 saturated heterocycles. The number of carbonyl (C=O) groups is 1. The molecule has 1 N–H and O–H groups in total. The molecule has 0 aromatic heterocycles. The fourth-order valence-corrected chi connectivity index (χ4v) is 2.36. The number of carbonyl (C=O) groups excluding carboxylic acids is 1. The summed E-state index contributed by atoms with van der Waals surface area (Å²) in [6, 6.07) is 14.1. The number of rotatable bonds is 6. The number of aryl methyl sites for hydroxylation is 3. The van der Waals surface area contributed by atoms with E-state index in [1.165, 1.54) is 11.1 Å². The van der Waals surface area contributed by atoms with Crippen molar-refractivity contribution in [3.8, 4) is 5.75 Å². The van der Waals surface area contributed by atoms with E-state index in [2.05, 4.69) is 43.4 Å². The second kappa shape index (κ2) is 7.82. The zero-order chi connectivity index (χ0) is 16.8. The van der Waals surface area contributed by atoms with Gasteiger partial charge in [-0.25, -0.2) is 0 Å². The summed E-state index contributed by atoms with van der Waals surface area (Å²) < 4.78 is 5.56. The van der Waals surface area contributed by atoms with Crippen molar-refractivity contribution < 1.29 is 9.53 Å². The third kappa shape index (κ3) is 4.85. The van der Waals surface area contributed by atoms with Crippen LogP contribution in [0.3, 0.4) is 0 Å². The van der Waals surface area contributed by atoms with Gasteiger partial charge < -0.3 is 10.1 Å². The molecule has 23 heavy (non-hydrogen) atoms. The first-order valence-electron chi connectivity index (χ1n) is 8.08. The monoisotopic (exact) mass is 311 g/mol. The maximum absolute atomic E-state index is 12.0. The number of amides is 1. The molecule has 0 saturated carbocycles. The fourth-order valence-electron chi connectivity index (χ4n) is 2.36. The van der Waals surface area contributed by atoms with Crippen LogP contribution in [0.15, 0.2) is 42.5 Å². The average molecular weight is 311 g/mol. The highest BCUT2D eigenvalue weighted by Gasteiger charge is 2.10. The van der Waals surface area contributed by atoms with Crippen molar-refractivity contribution in [3.63, 3.8) is 0 Å². The van der Waals surface area contributed by atoms with Crippen molar-refractivity contribution in [1.82, 2.24) is 5.32 Å². The molecular weight excluding hydrogens is 286 g/mol. The molecule has 3 nitrogen and oxygen atoms in total. The van der Waals surface area contributed by atoms with Crippen molar-refractivity contribution in [1.29, 1.82) is 0 Å². The van der Waals surface area contributed by atoms with Crippen LogP contribution in [0.4, 0.5) is 0 Å². The largest absolute Gasteiger partial charge is 0.484 e. The minimum Gasteiger partial charge on any atom is -0.484 e. The zero-order valence-electron chi connectivity index (χ0n) is 14.3. The predicted molar refractivity (Wildman–Crippen MR) is 93.8 cm³/mol. The lowest BCUT2D eigenvalue weighted by Crippen LogP contribution is -2.31. The number of ether oxygens (including phenoxy) is 1. The van der Waals surface area contributed by atoms with Crippen LogP contribution in [0.5, 0.6) is 5.75 Å². The molecule has 0 aliphatic carbocycles. The zero-order valence-corrected chi connectivity index (χ0v) is 14.3. The van der Waals surface area contributed by atoms with Crippen LogP contribution in [0, 0.1) is 13.8 Å². The van der Waals surface area contributed by atoms with E-state index in [-0.39, 0.29) is 18.6 Å². The molecule has 2 aromatic rings. The first-order valence-corrected chi connectivity index (χ1v) is 8.08. The Bertz CT molecular complexity index is 662. The van der Waals surface area contributed by atoms with Gasteiger partial charge in [0.2, 0.25) is 0 Å². The van der Waals surface area contributed by atoms with Crippen molar-refractivity contribution in [2.45, 2.75) is 40.2 Å². The van der Waals surface area contributed by atoms with Crippen LogP contribution in [-0.4, -0.2) is 12.5 Å². The van der Waals surface area contributed by atoms with Gasteiger partial charge in [0.25, 0.3) is 5.91 Å². The third-order valence-electron chi connectivity index (χ3n) is 4.11. The molecule has 0 aliphatic heterocycles. The lowest BCUT2D eigenvalue weighted by atomic mass is 10.1. The van der Waals surface area contributed by atoms with E-state index in [0.29, 0.717) is 0 Å². The van der Waals surface area contributed by atoms with Crippen LogP contribution in [0.2, 0.25) is 0 Å². The lowest BCUT2D eigenvalue weighted by Gasteiger charge is -2.15. The molecule has 0 radical (unpaired) electrons. The molecule has 1 amide bonds. The molecule has 1 atom stereocenters. The van der Waals surface area contributed by atoms with Gasteiger partial charge in [0.1, 0.15) is 5.75 Å². The van der Waals surface area contributed by atoms with Gasteiger partial charge in [-0.15, -0.1) is 0 Å². The molecule has 2 aromatic carbocycles. The van der Waals surface area contributed by atoms with Crippen molar-refractivity contribution in [2.24, 2.45) is 0 Å². The van der Waals surface area contributed by atoms with Gasteiger partial charge in [-0.1, -0.05) is 37.3 Å². The minimum absolute atomic E-state index is 0.0277. The van der Waals surface area contributed by atoms with E-state index in [1.807, 2.05) is 32.0 Å². The van der Waals surface area contributed by atoms with Crippen LogP contribution in [0.1, 0.15) is 42.1 Å². The normalized spacial score (nSPS) is 11.8. The molecule has 0 fully saturated rings. The molecular formula is C20H25NO2. The Hall–Kier alpha value is -2.29. The summed E-state index contributed by atoms with van der Waals surface area (Å²) >= 11 is 0. The molecule has 0 spiro atoms. The van der Waals surface area contributed by atoms with Crippen LogP contribution < -0.4 is 10.1 Å². The van der Waals surface area contributed by atoms with Gasteiger partial charge in [0.05, 0.1) is 6.04 Å². The Morgan fingerprint density at radius 1 is 1.09 bits per heavy atom. The van der Waals surface area contributed by atoms with Gasteiger partial charge in [0.15, 0.2) is 6.61 Å². The topological polar surface area (TPSA) is 38.3 Å². The molecule has 0 aliphatic rings. The highest BCUT2D eigenvalue weighted by atomic mass is 16.5. The standard InChI is InChI=1S/C20H25NO2/c1-5-17-7-9-18(10-8-17)16(4)21-20(22)13-23-19-11-6-14(2)15(3)12-19/h6-12,16H,5,13H2,1-4H3,(H,21,22)/t16-/m0/s1. The van der Waals surface area contributed by atoms with Crippen molar-refractivity contribution in [2.75, 3.05) is 6.61 Å². The number of hydrogen-bond acceptors (Lipinski definition) is 2. The van der Waals surface area contributed by atoms with Crippen molar-refractivity contribution >= 4 is 5.91 Å². The van der Waals surface area contributed by atoms with Gasteiger partial charge in [-0.05, 0) is 61.6 Å². The summed E-state index contributed by atoms with van der Waals surface area (Å²) in [6.45, 7) is 8.22. The molecule has 0 bridgehead atoms. The fraction of sp³-hybridized carbons (Fsp3) is 0.350. The maximum Gasteiger partial charge on any atom is 0.258 e. The highest BCUT2D eigenvalue weighted by Crippen LogP contribution is 2.17. The first-order chi connectivity index (χ1) is 11.0. The quantitative estimate of drug-likeness (QED) is 0.871. The first kappa shape index (κ1) is 17.1. The summed E-state index contributed by atoms with van der Waals surface area (Å²) in [7, 11) is 0. The summed E-state index contributed by atoms with van der Waals surface area (Å²) in [5.41, 5.74) is 4.77. The smallest absolute Gasteiger partial charge is 0.258 e. The summed E-state index contributed by atoms with van der Waals surface area (Å²) in [4.78, 5) is 12.0. The van der Waals surface area contributed by atoms with Crippen molar-refractivity contribution in [3.05, 3.63) is 64.7 Å². The maximum atomic E-state index is 12.0. The van der Waals surface area contributed by atoms with Crippen LogP contribution in [0.25, 0.3) is 0 Å². The average Bonchev–Trinajstić information content (AvgIpc) is 2.56. The number of hydrogen-bond donors (Lipinski definition) is 1. The Morgan fingerprint density at radius 3 is 2.39 bits per heavy atom. The third-order valence-corrected chi connectivity index (χ3v) is 4.11. The molecule has 122 valence electrons. The van der Waals surface area contributed by atoms with Gasteiger partial charge in [-0.2, -0.15) is 0 Å². The van der Waals surface area contributed by atoms with E-state index in [4.69, 9.17) is 4.74 Å². The SMILES string of the molecule is CCc1ccc([C@H](C)NC(=O)COc2ccc(C)c(C)c2)cc1. The van der Waals surface area contributed by atoms with Crippen LogP contribution >= 0.6 is 0 Å². The summed E-state index contributed by atoms with van der Waals surface area (Å²) in [5, 5.41) is 2.97. The van der Waals surface area contributed by atoms with Gasteiger partial charge in [-0.3, -0.25) is 4.79 Å². The van der Waals surface area contributed by atoms with E-state index < -0.39 is 0 Å². The lowest BCUT2D eigenvalue weighted by molar-refractivity contribution is -0.123. The molecule has 0 heterocycles. The van der Waals surface area contributed by atoms with E-state index in [9.17, 15) is 4.79 Å². The van der Waals surface area contributed by atoms with E-state index >= 15 is 0 Å². The van der Waals surface area contributed by atoms with Gasteiger partial charge >= 0.3 is 0 Å². The Kier molecular flexibility index (Phi) is 5.80. The molecule has 2 rings (SSSR count). The molecule has 3 heteroatoms. The van der Waals surface area contributed by atoms with E-state index in [0.717, 1.165) is 23.3 Å². The Labute approximate surface area is 138 Å². The summed E-state index contributed by atoms with van der Waals surface area (Å²) in [6.07, 6.45) is 1.02. The summed E-state index contributed by atoms with van der Waals surface area (Å²) in [5.74, 6) is 0.610. The second-order valence-electron chi connectivity index (χ2n) is 5.92. The van der Waals surface area contributed by atoms with Crippen LogP contribution in [-0.2, 0) is 11.2 Å². The predicted octanol–water partition coefficient (Wildman–Crippen LogP) is 4.12. The Morgan fingerprint density at radius 2 is 1.78 bits per heavy atom. The van der Waals surface area contributed by atoms with E-state index in [1.54, 1.807) is 0 Å². The number of benzene rings is 2. The minimum atomic E-state index is -0.115.